The van der Waals surface area contributed by atoms with Gasteiger partial charge in [-0.2, -0.15) is 0 Å². The van der Waals surface area contributed by atoms with Gasteiger partial charge in [0, 0.05) is 27.2 Å². The Balaban J connectivity index is 1.30. The van der Waals surface area contributed by atoms with Crippen LogP contribution >= 0.6 is 39.1 Å². The van der Waals surface area contributed by atoms with Gasteiger partial charge in [0.2, 0.25) is 0 Å². The fourth-order valence-corrected chi connectivity index (χ4v) is 6.62. The molecule has 0 fully saturated rings. The van der Waals surface area contributed by atoms with E-state index in [4.69, 9.17) is 32.7 Å². The van der Waals surface area contributed by atoms with Gasteiger partial charge in [-0.25, -0.2) is 0 Å². The lowest BCUT2D eigenvalue weighted by Crippen LogP contribution is -2.29. The lowest BCUT2D eigenvalue weighted by molar-refractivity contribution is 0.282. The van der Waals surface area contributed by atoms with Crippen molar-refractivity contribution in [3.05, 3.63) is 122 Å². The molecule has 1 aliphatic heterocycles. The van der Waals surface area contributed by atoms with Gasteiger partial charge in [0.1, 0.15) is 6.61 Å². The zero-order valence-corrected chi connectivity index (χ0v) is 23.9. The molecule has 1 heterocycles. The largest absolute Gasteiger partial charge is 0.493 e. The summed E-state index contributed by atoms with van der Waals surface area (Å²) >= 11 is 16.1. The van der Waals surface area contributed by atoms with Gasteiger partial charge < -0.3 is 14.8 Å². The fourth-order valence-electron chi connectivity index (χ4n) is 5.58. The van der Waals surface area contributed by atoms with E-state index in [1.807, 2.05) is 12.1 Å². The number of hydrogen-bond donors (Lipinski definition) is 1. The van der Waals surface area contributed by atoms with E-state index < -0.39 is 0 Å². The number of fused-ring (bicyclic) bond motifs is 3. The molecule has 0 unspecified atom stereocenters. The van der Waals surface area contributed by atoms with E-state index in [1.165, 1.54) is 22.4 Å². The van der Waals surface area contributed by atoms with Crippen LogP contribution in [0.5, 0.6) is 11.5 Å². The minimum Gasteiger partial charge on any atom is -0.493 e. The van der Waals surface area contributed by atoms with Gasteiger partial charge in [-0.1, -0.05) is 77.8 Å². The van der Waals surface area contributed by atoms with Crippen LogP contribution in [0, 0.1) is 5.92 Å². The highest BCUT2D eigenvalue weighted by molar-refractivity contribution is 9.10. The minimum absolute atomic E-state index is 0.134. The lowest BCUT2D eigenvalue weighted by atomic mass is 9.76. The number of methoxy groups -OCH3 is 1. The number of nitrogens with one attached hydrogen (secondary N) is 1. The third-order valence-corrected chi connectivity index (χ3v) is 8.64. The van der Waals surface area contributed by atoms with Crippen LogP contribution in [0.15, 0.2) is 95.5 Å². The van der Waals surface area contributed by atoms with Crippen LogP contribution < -0.4 is 14.8 Å². The van der Waals surface area contributed by atoms with Gasteiger partial charge in [-0.3, -0.25) is 0 Å². The van der Waals surface area contributed by atoms with Crippen LogP contribution in [0.1, 0.15) is 35.1 Å². The van der Waals surface area contributed by atoms with Crippen molar-refractivity contribution in [1.82, 2.24) is 0 Å². The van der Waals surface area contributed by atoms with Gasteiger partial charge in [-0.15, -0.1) is 0 Å². The first-order valence-corrected chi connectivity index (χ1v) is 14.1. The van der Waals surface area contributed by atoms with Crippen molar-refractivity contribution in [2.75, 3.05) is 12.4 Å². The van der Waals surface area contributed by atoms with Crippen molar-refractivity contribution in [3.8, 4) is 22.6 Å². The van der Waals surface area contributed by atoms with Crippen LogP contribution in [-0.2, 0) is 6.61 Å². The maximum absolute atomic E-state index is 6.35. The molecule has 1 aliphatic carbocycles. The third-order valence-electron chi connectivity index (χ3n) is 7.47. The molecule has 0 spiro atoms. The van der Waals surface area contributed by atoms with Gasteiger partial charge in [-0.05, 0) is 86.9 Å². The summed E-state index contributed by atoms with van der Waals surface area (Å²) in [6.45, 7) is 0.303. The minimum atomic E-state index is 0.134. The topological polar surface area (TPSA) is 30.5 Å². The highest BCUT2D eigenvalue weighted by atomic mass is 79.9. The maximum atomic E-state index is 6.35. The van der Waals surface area contributed by atoms with Crippen molar-refractivity contribution in [1.29, 1.82) is 0 Å². The maximum Gasteiger partial charge on any atom is 0.175 e. The van der Waals surface area contributed by atoms with E-state index in [0.29, 0.717) is 40.0 Å². The molecule has 2 aliphatic rings. The van der Waals surface area contributed by atoms with E-state index in [0.717, 1.165) is 22.0 Å². The summed E-state index contributed by atoms with van der Waals surface area (Å²) in [5.74, 6) is 2.08. The van der Waals surface area contributed by atoms with Gasteiger partial charge in [0.15, 0.2) is 11.5 Å². The molecule has 1 N–H and O–H groups in total. The summed E-state index contributed by atoms with van der Waals surface area (Å²) in [6.07, 6.45) is 5.70. The van der Waals surface area contributed by atoms with E-state index in [1.54, 1.807) is 13.2 Å². The van der Waals surface area contributed by atoms with Crippen LogP contribution in [0.25, 0.3) is 11.1 Å². The number of ether oxygens (including phenoxy) is 2. The van der Waals surface area contributed by atoms with E-state index >= 15 is 0 Å². The number of rotatable bonds is 6. The summed E-state index contributed by atoms with van der Waals surface area (Å²) in [5, 5.41) is 5.02. The highest BCUT2D eigenvalue weighted by Crippen LogP contribution is 2.52. The Morgan fingerprint density at radius 1 is 0.947 bits per heavy atom. The van der Waals surface area contributed by atoms with Crippen LogP contribution in [0.3, 0.4) is 0 Å². The molecule has 0 aromatic heterocycles. The molecule has 0 bridgehead atoms. The van der Waals surface area contributed by atoms with E-state index in [9.17, 15) is 0 Å². The average Bonchev–Trinajstić information content (AvgIpc) is 3.43. The Kier molecular flexibility index (Phi) is 7.13. The van der Waals surface area contributed by atoms with Crippen LogP contribution in [0.2, 0.25) is 10.0 Å². The number of hydrogen-bond acceptors (Lipinski definition) is 3. The molecule has 3 atom stereocenters. The van der Waals surface area contributed by atoms with Crippen molar-refractivity contribution >= 4 is 44.8 Å². The molecule has 6 rings (SSSR count). The SMILES string of the molecule is COc1cc([C@@H]2Nc3ccc(-c4ccccc4)cc3[C@H]3C=CC[C@@H]32)cc(Br)c1OCc1ccc(Cl)cc1Cl. The van der Waals surface area contributed by atoms with Crippen molar-refractivity contribution in [2.24, 2.45) is 5.92 Å². The Bertz CT molecular complexity index is 1520. The molecule has 6 heteroatoms. The molecule has 38 heavy (non-hydrogen) atoms. The lowest BCUT2D eigenvalue weighted by Gasteiger charge is -2.38. The summed E-state index contributed by atoms with van der Waals surface area (Å²) in [7, 11) is 1.67. The zero-order chi connectivity index (χ0) is 26.2. The first kappa shape index (κ1) is 25.4. The Labute approximate surface area is 241 Å². The van der Waals surface area contributed by atoms with Crippen molar-refractivity contribution in [2.45, 2.75) is 25.0 Å². The fraction of sp³-hybridized carbons (Fsp3) is 0.188. The first-order valence-electron chi connectivity index (χ1n) is 12.6. The number of halogens is 3. The molecule has 3 nitrogen and oxygen atoms in total. The molecule has 4 aromatic rings. The second kappa shape index (κ2) is 10.7. The monoisotopic (exact) mass is 605 g/mol. The predicted octanol–water partition coefficient (Wildman–Crippen LogP) is 9.84. The normalized spacial score (nSPS) is 19.4. The number of allylic oxidation sites excluding steroid dienone is 2. The van der Waals surface area contributed by atoms with Crippen LogP contribution in [-0.4, -0.2) is 7.11 Å². The smallest absolute Gasteiger partial charge is 0.175 e. The van der Waals surface area contributed by atoms with E-state index in [2.05, 4.69) is 94.1 Å². The quantitative estimate of drug-likeness (QED) is 0.222. The molecule has 0 saturated heterocycles. The summed E-state index contributed by atoms with van der Waals surface area (Å²) < 4.78 is 12.8. The molecule has 0 saturated carbocycles. The molecule has 4 aromatic carbocycles. The summed E-state index contributed by atoms with van der Waals surface area (Å²) in [4.78, 5) is 0. The molecular weight excluding hydrogens is 581 g/mol. The summed E-state index contributed by atoms with van der Waals surface area (Å²) in [5.41, 5.74) is 7.02. The standard InChI is InChI=1S/C32H26BrCl2NO2/c1-37-30-16-22(15-27(33)32(30)38-18-21-10-12-23(34)17-28(21)35)31-25-9-5-8-24(25)26-14-20(11-13-29(26)36-31)19-6-3-2-4-7-19/h2-8,10-17,24-25,31,36H,9,18H2,1H3/t24-,25-,31-/m0/s1. The Hall–Kier alpha value is -2.92. The second-order valence-corrected chi connectivity index (χ2v) is 11.4. The number of anilines is 1. The van der Waals surface area contributed by atoms with E-state index in [-0.39, 0.29) is 6.04 Å². The molecular formula is C32H26BrCl2NO2. The predicted molar refractivity (Wildman–Crippen MR) is 160 cm³/mol. The second-order valence-electron chi connectivity index (χ2n) is 9.70. The first-order chi connectivity index (χ1) is 18.5. The molecule has 192 valence electrons. The van der Waals surface area contributed by atoms with Gasteiger partial charge in [0.05, 0.1) is 17.6 Å². The Morgan fingerprint density at radius 3 is 2.58 bits per heavy atom. The van der Waals surface area contributed by atoms with Crippen molar-refractivity contribution < 1.29 is 9.47 Å². The highest BCUT2D eigenvalue weighted by Gasteiger charge is 2.38. The molecule has 0 amide bonds. The zero-order valence-electron chi connectivity index (χ0n) is 20.8. The summed E-state index contributed by atoms with van der Waals surface area (Å²) in [6, 6.07) is 27.1. The third kappa shape index (κ3) is 4.82. The van der Waals surface area contributed by atoms with Crippen LogP contribution in [0.4, 0.5) is 5.69 Å². The number of benzene rings is 4. The Morgan fingerprint density at radius 2 is 1.79 bits per heavy atom. The molecule has 0 radical (unpaired) electrons. The van der Waals surface area contributed by atoms with Crippen molar-refractivity contribution in [3.63, 3.8) is 0 Å². The average molecular weight is 607 g/mol. The van der Waals surface area contributed by atoms with Gasteiger partial charge in [0.25, 0.3) is 0 Å². The van der Waals surface area contributed by atoms with Gasteiger partial charge >= 0.3 is 0 Å².